The fraction of sp³-hybridized carbons (Fsp3) is 0.167. The molecule has 2 heterocycles. The molecule has 25 heavy (non-hydrogen) atoms. The summed E-state index contributed by atoms with van der Waals surface area (Å²) in [5.74, 6) is -0.855. The highest BCUT2D eigenvalue weighted by atomic mass is 16.5. The molecule has 0 saturated carbocycles. The van der Waals surface area contributed by atoms with Gasteiger partial charge in [0, 0.05) is 12.3 Å². The molecule has 3 aromatic rings. The minimum absolute atomic E-state index is 0.0206. The molecule has 0 bridgehead atoms. The lowest BCUT2D eigenvalue weighted by atomic mass is 10.2. The Kier molecular flexibility index (Phi) is 4.38. The zero-order valence-electron chi connectivity index (χ0n) is 13.7. The zero-order valence-corrected chi connectivity index (χ0v) is 13.7. The van der Waals surface area contributed by atoms with Crippen molar-refractivity contribution in [1.29, 1.82) is 0 Å². The van der Waals surface area contributed by atoms with Gasteiger partial charge in [0.1, 0.15) is 17.8 Å². The number of benzene rings is 1. The second-order valence-electron chi connectivity index (χ2n) is 5.45. The molecule has 0 saturated heterocycles. The number of phenolic OH excluding ortho intramolecular Hbond substituents is 1. The van der Waals surface area contributed by atoms with Crippen molar-refractivity contribution in [1.82, 2.24) is 9.38 Å². The number of ether oxygens (including phenoxy) is 2. The van der Waals surface area contributed by atoms with Gasteiger partial charge >= 0.3 is 5.97 Å². The number of aromatic nitrogens is 2. The first kappa shape index (κ1) is 16.5. The van der Waals surface area contributed by atoms with Crippen molar-refractivity contribution in [3.05, 3.63) is 69.8 Å². The summed E-state index contributed by atoms with van der Waals surface area (Å²) in [5.41, 5.74) is 1.48. The van der Waals surface area contributed by atoms with Crippen molar-refractivity contribution in [3.63, 3.8) is 0 Å². The summed E-state index contributed by atoms with van der Waals surface area (Å²) in [6.07, 6.45) is 1.64. The van der Waals surface area contributed by atoms with Crippen LogP contribution in [0.1, 0.15) is 21.6 Å². The van der Waals surface area contributed by atoms with Crippen LogP contribution in [0.3, 0.4) is 0 Å². The number of carbonyl (C=O) groups excluding carboxylic acids is 1. The summed E-state index contributed by atoms with van der Waals surface area (Å²) in [6, 6.07) is 9.40. The molecule has 128 valence electrons. The van der Waals surface area contributed by atoms with Gasteiger partial charge in [0.2, 0.25) is 0 Å². The lowest BCUT2D eigenvalue weighted by molar-refractivity contribution is 0.0463. The predicted molar refractivity (Wildman–Crippen MR) is 90.0 cm³/mol. The summed E-state index contributed by atoms with van der Waals surface area (Å²) < 4.78 is 11.5. The van der Waals surface area contributed by atoms with E-state index >= 15 is 0 Å². The highest BCUT2D eigenvalue weighted by Crippen LogP contribution is 2.29. The monoisotopic (exact) mass is 340 g/mol. The molecule has 3 rings (SSSR count). The summed E-state index contributed by atoms with van der Waals surface area (Å²) in [6.45, 7) is 1.71. The van der Waals surface area contributed by atoms with Crippen LogP contribution in [0.2, 0.25) is 0 Å². The van der Waals surface area contributed by atoms with Gasteiger partial charge in [-0.3, -0.25) is 9.20 Å². The van der Waals surface area contributed by atoms with E-state index in [-0.39, 0.29) is 29.2 Å². The maximum atomic E-state index is 12.2. The maximum absolute atomic E-state index is 12.2. The van der Waals surface area contributed by atoms with Crippen LogP contribution in [0.25, 0.3) is 5.65 Å². The molecule has 0 radical (unpaired) electrons. The van der Waals surface area contributed by atoms with E-state index in [1.807, 2.05) is 6.92 Å². The average molecular weight is 340 g/mol. The number of hydrogen-bond acceptors (Lipinski definition) is 6. The molecule has 0 spiro atoms. The van der Waals surface area contributed by atoms with Crippen LogP contribution in [0.4, 0.5) is 0 Å². The zero-order chi connectivity index (χ0) is 18.0. The van der Waals surface area contributed by atoms with Crippen molar-refractivity contribution in [2.75, 3.05) is 7.11 Å². The van der Waals surface area contributed by atoms with Gasteiger partial charge < -0.3 is 14.6 Å². The van der Waals surface area contributed by atoms with Gasteiger partial charge in [0.05, 0.1) is 12.8 Å². The van der Waals surface area contributed by atoms with E-state index in [4.69, 9.17) is 9.47 Å². The molecule has 7 heteroatoms. The number of rotatable bonds is 4. The summed E-state index contributed by atoms with van der Waals surface area (Å²) in [4.78, 5) is 28.6. The normalized spacial score (nSPS) is 10.6. The highest BCUT2D eigenvalue weighted by Gasteiger charge is 2.16. The van der Waals surface area contributed by atoms with E-state index < -0.39 is 5.97 Å². The number of carbonyl (C=O) groups is 1. The molecule has 7 nitrogen and oxygen atoms in total. The van der Waals surface area contributed by atoms with E-state index in [2.05, 4.69) is 4.98 Å². The number of aromatic hydroxyl groups is 1. The number of phenols is 1. The van der Waals surface area contributed by atoms with Gasteiger partial charge in [-0.2, -0.15) is 0 Å². The van der Waals surface area contributed by atoms with E-state index in [9.17, 15) is 14.7 Å². The summed E-state index contributed by atoms with van der Waals surface area (Å²) in [7, 11) is 1.39. The first-order chi connectivity index (χ1) is 12.0. The number of pyridine rings is 1. The molecule has 1 N–H and O–H groups in total. The third-order valence-electron chi connectivity index (χ3n) is 3.67. The van der Waals surface area contributed by atoms with Gasteiger partial charge in [-0.05, 0) is 36.8 Å². The van der Waals surface area contributed by atoms with Crippen LogP contribution in [-0.4, -0.2) is 27.6 Å². The molecule has 0 aliphatic rings. The standard InChI is InChI=1S/C18H16N2O5/c1-11-6-7-20-15(8-11)19-12(9-16(20)21)10-25-18(23)13-4-3-5-14(24-2)17(13)22/h3-9,22H,10H2,1-2H3. The molecule has 0 fully saturated rings. The Balaban J connectivity index is 1.83. The summed E-state index contributed by atoms with van der Waals surface area (Å²) in [5, 5.41) is 9.98. The molecule has 0 unspecified atom stereocenters. The average Bonchev–Trinajstić information content (AvgIpc) is 2.59. The van der Waals surface area contributed by atoms with Crippen LogP contribution in [-0.2, 0) is 11.3 Å². The van der Waals surface area contributed by atoms with Crippen LogP contribution < -0.4 is 10.3 Å². The van der Waals surface area contributed by atoms with Crippen molar-refractivity contribution >= 4 is 11.6 Å². The molecular formula is C18H16N2O5. The fourth-order valence-corrected chi connectivity index (χ4v) is 2.40. The molecule has 0 atom stereocenters. The fourth-order valence-electron chi connectivity index (χ4n) is 2.40. The molecule has 0 amide bonds. The minimum Gasteiger partial charge on any atom is -0.504 e. The van der Waals surface area contributed by atoms with Gasteiger partial charge in [0.15, 0.2) is 11.5 Å². The van der Waals surface area contributed by atoms with Gasteiger partial charge in [-0.1, -0.05) is 6.07 Å². The largest absolute Gasteiger partial charge is 0.504 e. The summed E-state index contributed by atoms with van der Waals surface area (Å²) >= 11 is 0. The number of esters is 1. The number of nitrogens with zero attached hydrogens (tertiary/aromatic N) is 2. The lowest BCUT2D eigenvalue weighted by Crippen LogP contribution is -2.16. The van der Waals surface area contributed by atoms with Crippen LogP contribution in [0, 0.1) is 6.92 Å². The van der Waals surface area contributed by atoms with Crippen molar-refractivity contribution in [2.24, 2.45) is 0 Å². The van der Waals surface area contributed by atoms with Crippen molar-refractivity contribution in [3.8, 4) is 11.5 Å². The third kappa shape index (κ3) is 3.30. The first-order valence-electron chi connectivity index (χ1n) is 7.51. The van der Waals surface area contributed by atoms with Crippen LogP contribution in [0.5, 0.6) is 11.5 Å². The predicted octanol–water partition coefficient (Wildman–Crippen LogP) is 2.07. The van der Waals surface area contributed by atoms with E-state index in [0.29, 0.717) is 11.3 Å². The van der Waals surface area contributed by atoms with Crippen LogP contribution in [0.15, 0.2) is 47.4 Å². The molecule has 1 aromatic carbocycles. The van der Waals surface area contributed by atoms with Gasteiger partial charge in [0.25, 0.3) is 5.56 Å². The number of fused-ring (bicyclic) bond motifs is 1. The quantitative estimate of drug-likeness (QED) is 0.731. The van der Waals surface area contributed by atoms with Gasteiger partial charge in [-0.25, -0.2) is 9.78 Å². The minimum atomic E-state index is -0.734. The number of methoxy groups -OCH3 is 1. The molecule has 0 aliphatic heterocycles. The Labute approximate surface area is 143 Å². The Morgan fingerprint density at radius 2 is 2.08 bits per heavy atom. The second-order valence-corrected chi connectivity index (χ2v) is 5.45. The third-order valence-corrected chi connectivity index (χ3v) is 3.67. The van der Waals surface area contributed by atoms with Crippen molar-refractivity contribution < 1.29 is 19.4 Å². The number of hydrogen-bond donors (Lipinski definition) is 1. The first-order valence-corrected chi connectivity index (χ1v) is 7.51. The smallest absolute Gasteiger partial charge is 0.342 e. The second kappa shape index (κ2) is 6.64. The Morgan fingerprint density at radius 3 is 2.84 bits per heavy atom. The Hall–Kier alpha value is -3.35. The highest BCUT2D eigenvalue weighted by molar-refractivity contribution is 5.93. The maximum Gasteiger partial charge on any atom is 0.342 e. The Bertz CT molecular complexity index is 1010. The lowest BCUT2D eigenvalue weighted by Gasteiger charge is -2.09. The van der Waals surface area contributed by atoms with Crippen molar-refractivity contribution in [2.45, 2.75) is 13.5 Å². The Morgan fingerprint density at radius 1 is 1.28 bits per heavy atom. The van der Waals surface area contributed by atoms with Crippen LogP contribution >= 0.6 is 0 Å². The number of aryl methyl sites for hydroxylation is 1. The van der Waals surface area contributed by atoms with E-state index in [0.717, 1.165) is 5.56 Å². The number of para-hydroxylation sites is 1. The molecular weight excluding hydrogens is 324 g/mol. The molecule has 2 aromatic heterocycles. The topological polar surface area (TPSA) is 90.1 Å². The SMILES string of the molecule is COc1cccc(C(=O)OCc2cc(=O)n3ccc(C)cc3n2)c1O. The van der Waals surface area contributed by atoms with E-state index in [1.54, 1.807) is 24.4 Å². The molecule has 0 aliphatic carbocycles. The van der Waals surface area contributed by atoms with Gasteiger partial charge in [-0.15, -0.1) is 0 Å². The van der Waals surface area contributed by atoms with E-state index in [1.165, 1.54) is 29.7 Å².